The average Bonchev–Trinajstić information content (AvgIpc) is 2.39. The quantitative estimate of drug-likeness (QED) is 0.876. The molecule has 4 nitrogen and oxygen atoms in total. The largest absolute Gasteiger partial charge is 0.478 e. The van der Waals surface area contributed by atoms with Crippen LogP contribution in [0.25, 0.3) is 0 Å². The van der Waals surface area contributed by atoms with Crippen molar-refractivity contribution in [3.05, 3.63) is 53.9 Å². The van der Waals surface area contributed by atoms with Gasteiger partial charge in [-0.25, -0.2) is 4.79 Å². The number of carboxylic acid groups (broad SMARTS) is 1. The second-order valence-corrected chi connectivity index (χ2v) is 4.59. The summed E-state index contributed by atoms with van der Waals surface area (Å²) in [5.41, 5.74) is 2.79. The molecule has 1 aromatic carbocycles. The number of hydrogen-bond donors (Lipinski definition) is 2. The first kappa shape index (κ1) is 13.1. The van der Waals surface area contributed by atoms with Crippen molar-refractivity contribution in [1.82, 2.24) is 4.98 Å². The standard InChI is InChI=1S/C15H16N2O2/c1-10(2)11-5-3-4-6-13(11)17-14-7-8-16-9-12(14)15(18)19/h3-10H,1-2H3,(H,16,17)(H,18,19). The molecular formula is C15H16N2O2. The van der Waals surface area contributed by atoms with Crippen LogP contribution >= 0.6 is 0 Å². The van der Waals surface area contributed by atoms with Gasteiger partial charge in [-0.15, -0.1) is 0 Å². The Morgan fingerprint density at radius 3 is 2.63 bits per heavy atom. The molecule has 0 unspecified atom stereocenters. The van der Waals surface area contributed by atoms with Crippen LogP contribution in [0.4, 0.5) is 11.4 Å². The number of hydrogen-bond acceptors (Lipinski definition) is 3. The molecule has 1 aromatic heterocycles. The SMILES string of the molecule is CC(C)c1ccccc1Nc1ccncc1C(=O)O. The molecule has 2 rings (SSSR count). The van der Waals surface area contributed by atoms with E-state index in [-0.39, 0.29) is 5.56 Å². The number of rotatable bonds is 4. The van der Waals surface area contributed by atoms with Gasteiger partial charge in [-0.2, -0.15) is 0 Å². The molecule has 0 fully saturated rings. The van der Waals surface area contributed by atoms with E-state index in [2.05, 4.69) is 24.1 Å². The first-order valence-electron chi connectivity index (χ1n) is 6.13. The maximum Gasteiger partial charge on any atom is 0.339 e. The smallest absolute Gasteiger partial charge is 0.339 e. The van der Waals surface area contributed by atoms with Crippen LogP contribution in [-0.4, -0.2) is 16.1 Å². The summed E-state index contributed by atoms with van der Waals surface area (Å²) in [6.07, 6.45) is 2.93. The fourth-order valence-corrected chi connectivity index (χ4v) is 1.93. The molecule has 0 aliphatic carbocycles. The third kappa shape index (κ3) is 2.91. The summed E-state index contributed by atoms with van der Waals surface area (Å²) in [6, 6.07) is 9.55. The molecule has 0 saturated heterocycles. The van der Waals surface area contributed by atoms with Gasteiger partial charge in [-0.1, -0.05) is 32.0 Å². The minimum atomic E-state index is -0.988. The van der Waals surface area contributed by atoms with E-state index in [0.717, 1.165) is 11.3 Å². The molecule has 0 bridgehead atoms. The van der Waals surface area contributed by atoms with Gasteiger partial charge in [-0.3, -0.25) is 4.98 Å². The fraction of sp³-hybridized carbons (Fsp3) is 0.200. The normalized spacial score (nSPS) is 10.5. The first-order chi connectivity index (χ1) is 9.09. The Bertz CT molecular complexity index is 594. The second-order valence-electron chi connectivity index (χ2n) is 4.59. The number of carbonyl (C=O) groups is 1. The van der Waals surface area contributed by atoms with Crippen LogP contribution in [0.1, 0.15) is 35.7 Å². The van der Waals surface area contributed by atoms with Crippen molar-refractivity contribution < 1.29 is 9.90 Å². The van der Waals surface area contributed by atoms with Crippen molar-refractivity contribution in [3.8, 4) is 0 Å². The van der Waals surface area contributed by atoms with E-state index in [4.69, 9.17) is 5.11 Å². The molecule has 0 aliphatic rings. The molecule has 1 heterocycles. The minimum absolute atomic E-state index is 0.168. The molecule has 4 heteroatoms. The van der Waals surface area contributed by atoms with E-state index in [1.165, 1.54) is 6.20 Å². The van der Waals surface area contributed by atoms with E-state index in [0.29, 0.717) is 11.6 Å². The van der Waals surface area contributed by atoms with Gasteiger partial charge >= 0.3 is 5.97 Å². The Hall–Kier alpha value is -2.36. The summed E-state index contributed by atoms with van der Waals surface area (Å²) in [7, 11) is 0. The number of pyridine rings is 1. The lowest BCUT2D eigenvalue weighted by Gasteiger charge is -2.15. The van der Waals surface area contributed by atoms with E-state index in [1.807, 2.05) is 24.3 Å². The number of aromatic nitrogens is 1. The summed E-state index contributed by atoms with van der Waals surface area (Å²) in [5.74, 6) is -0.628. The van der Waals surface area contributed by atoms with E-state index in [9.17, 15) is 4.79 Å². The van der Waals surface area contributed by atoms with Gasteiger partial charge in [0.2, 0.25) is 0 Å². The van der Waals surface area contributed by atoms with Crippen LogP contribution < -0.4 is 5.32 Å². The lowest BCUT2D eigenvalue weighted by molar-refractivity contribution is 0.0697. The maximum atomic E-state index is 11.2. The van der Waals surface area contributed by atoms with Crippen molar-refractivity contribution in [3.63, 3.8) is 0 Å². The Morgan fingerprint density at radius 2 is 1.95 bits per heavy atom. The van der Waals surface area contributed by atoms with Crippen molar-refractivity contribution in [2.45, 2.75) is 19.8 Å². The van der Waals surface area contributed by atoms with Crippen LogP contribution in [0.2, 0.25) is 0 Å². The Kier molecular flexibility index (Phi) is 3.80. The molecule has 0 saturated carbocycles. The number of para-hydroxylation sites is 1. The van der Waals surface area contributed by atoms with Gasteiger partial charge in [0.1, 0.15) is 5.56 Å². The molecule has 0 spiro atoms. The van der Waals surface area contributed by atoms with Crippen LogP contribution in [0.3, 0.4) is 0 Å². The summed E-state index contributed by atoms with van der Waals surface area (Å²) >= 11 is 0. The molecule has 2 N–H and O–H groups in total. The van der Waals surface area contributed by atoms with Gasteiger partial charge < -0.3 is 10.4 Å². The average molecular weight is 256 g/mol. The van der Waals surface area contributed by atoms with Gasteiger partial charge in [0.05, 0.1) is 5.69 Å². The highest BCUT2D eigenvalue weighted by Gasteiger charge is 2.12. The van der Waals surface area contributed by atoms with Crippen molar-refractivity contribution in [2.24, 2.45) is 0 Å². The van der Waals surface area contributed by atoms with Crippen LogP contribution in [0.5, 0.6) is 0 Å². The molecular weight excluding hydrogens is 240 g/mol. The molecule has 19 heavy (non-hydrogen) atoms. The van der Waals surface area contributed by atoms with Crippen LogP contribution in [0.15, 0.2) is 42.7 Å². The number of benzene rings is 1. The Balaban J connectivity index is 2.39. The Morgan fingerprint density at radius 1 is 1.21 bits per heavy atom. The van der Waals surface area contributed by atoms with Gasteiger partial charge in [0.25, 0.3) is 0 Å². The predicted molar refractivity (Wildman–Crippen MR) is 75.0 cm³/mol. The van der Waals surface area contributed by atoms with Gasteiger partial charge in [0, 0.05) is 18.1 Å². The highest BCUT2D eigenvalue weighted by atomic mass is 16.4. The van der Waals surface area contributed by atoms with Crippen LogP contribution in [0, 0.1) is 0 Å². The number of carboxylic acids is 1. The monoisotopic (exact) mass is 256 g/mol. The van der Waals surface area contributed by atoms with Gasteiger partial charge in [-0.05, 0) is 23.6 Å². The molecule has 0 radical (unpaired) electrons. The minimum Gasteiger partial charge on any atom is -0.478 e. The van der Waals surface area contributed by atoms with E-state index < -0.39 is 5.97 Å². The molecule has 0 aliphatic heterocycles. The number of nitrogens with zero attached hydrogens (tertiary/aromatic N) is 1. The van der Waals surface area contributed by atoms with Crippen molar-refractivity contribution in [1.29, 1.82) is 0 Å². The third-order valence-corrected chi connectivity index (χ3v) is 2.90. The van der Waals surface area contributed by atoms with Crippen molar-refractivity contribution in [2.75, 3.05) is 5.32 Å². The summed E-state index contributed by atoms with van der Waals surface area (Å²) in [6.45, 7) is 4.20. The van der Waals surface area contributed by atoms with E-state index in [1.54, 1.807) is 12.3 Å². The summed E-state index contributed by atoms with van der Waals surface area (Å²) < 4.78 is 0. The van der Waals surface area contributed by atoms with Crippen molar-refractivity contribution >= 4 is 17.3 Å². The number of nitrogens with one attached hydrogen (secondary N) is 1. The zero-order chi connectivity index (χ0) is 13.8. The highest BCUT2D eigenvalue weighted by molar-refractivity contribution is 5.94. The number of aromatic carboxylic acids is 1. The molecule has 2 aromatic rings. The lowest BCUT2D eigenvalue weighted by atomic mass is 10.0. The third-order valence-electron chi connectivity index (χ3n) is 2.90. The summed E-state index contributed by atoms with van der Waals surface area (Å²) in [5, 5.41) is 12.3. The molecule has 0 amide bonds. The summed E-state index contributed by atoms with van der Waals surface area (Å²) in [4.78, 5) is 15.0. The second kappa shape index (κ2) is 5.52. The van der Waals surface area contributed by atoms with Crippen LogP contribution in [-0.2, 0) is 0 Å². The first-order valence-corrected chi connectivity index (χ1v) is 6.13. The lowest BCUT2D eigenvalue weighted by Crippen LogP contribution is -2.05. The predicted octanol–water partition coefficient (Wildman–Crippen LogP) is 3.65. The van der Waals surface area contributed by atoms with Gasteiger partial charge in [0.15, 0.2) is 0 Å². The fourth-order valence-electron chi connectivity index (χ4n) is 1.93. The topological polar surface area (TPSA) is 62.2 Å². The highest BCUT2D eigenvalue weighted by Crippen LogP contribution is 2.28. The zero-order valence-corrected chi connectivity index (χ0v) is 10.9. The maximum absolute atomic E-state index is 11.2. The molecule has 0 atom stereocenters. The zero-order valence-electron chi connectivity index (χ0n) is 10.9. The Labute approximate surface area is 112 Å². The number of anilines is 2. The van der Waals surface area contributed by atoms with E-state index >= 15 is 0 Å². The molecule has 98 valence electrons.